The van der Waals surface area contributed by atoms with Crippen LogP contribution in [-0.2, 0) is 4.74 Å². The number of rotatable bonds is 6. The third-order valence-electron chi connectivity index (χ3n) is 2.79. The fraction of sp³-hybridized carbons (Fsp3) is 0.917. The van der Waals surface area contributed by atoms with Crippen molar-refractivity contribution in [2.75, 3.05) is 39.4 Å². The molecule has 92 valence electrons. The van der Waals surface area contributed by atoms with Crippen molar-refractivity contribution in [2.45, 2.75) is 26.3 Å². The summed E-state index contributed by atoms with van der Waals surface area (Å²) in [5.41, 5.74) is 0. The molecule has 0 amide bonds. The number of hydrogen-bond acceptors (Lipinski definition) is 4. The molecule has 16 heavy (non-hydrogen) atoms. The fourth-order valence-corrected chi connectivity index (χ4v) is 1.87. The number of nitriles is 1. The molecule has 1 saturated heterocycles. The zero-order valence-electron chi connectivity index (χ0n) is 10.4. The summed E-state index contributed by atoms with van der Waals surface area (Å²) in [5, 5.41) is 12.3. The van der Waals surface area contributed by atoms with Crippen LogP contribution >= 0.6 is 0 Å². The van der Waals surface area contributed by atoms with Crippen molar-refractivity contribution in [3.8, 4) is 6.07 Å². The van der Waals surface area contributed by atoms with Crippen LogP contribution in [0.4, 0.5) is 0 Å². The Hall–Kier alpha value is -0.630. The molecule has 1 rings (SSSR count). The van der Waals surface area contributed by atoms with Crippen molar-refractivity contribution in [1.82, 2.24) is 10.2 Å². The lowest BCUT2D eigenvalue weighted by Gasteiger charge is -2.27. The van der Waals surface area contributed by atoms with Gasteiger partial charge in [0.2, 0.25) is 0 Å². The second kappa shape index (κ2) is 7.61. The minimum Gasteiger partial charge on any atom is -0.379 e. The molecular weight excluding hydrogens is 202 g/mol. The average molecular weight is 225 g/mol. The zero-order chi connectivity index (χ0) is 11.8. The van der Waals surface area contributed by atoms with Gasteiger partial charge in [0, 0.05) is 26.2 Å². The molecule has 0 bridgehead atoms. The van der Waals surface area contributed by atoms with Crippen molar-refractivity contribution in [3.63, 3.8) is 0 Å². The van der Waals surface area contributed by atoms with E-state index in [-0.39, 0.29) is 6.04 Å². The highest BCUT2D eigenvalue weighted by atomic mass is 16.5. The molecule has 1 fully saturated rings. The summed E-state index contributed by atoms with van der Waals surface area (Å²) in [6.07, 6.45) is 0.930. The van der Waals surface area contributed by atoms with Gasteiger partial charge >= 0.3 is 0 Å². The number of hydrogen-bond donors (Lipinski definition) is 1. The Bertz CT molecular complexity index is 219. The van der Waals surface area contributed by atoms with Crippen LogP contribution in [0.1, 0.15) is 20.3 Å². The van der Waals surface area contributed by atoms with Gasteiger partial charge in [0.15, 0.2) is 0 Å². The number of morpholine rings is 1. The Kier molecular flexibility index (Phi) is 6.39. The van der Waals surface area contributed by atoms with Gasteiger partial charge in [-0.05, 0) is 12.3 Å². The molecule has 0 saturated carbocycles. The maximum atomic E-state index is 8.97. The topological polar surface area (TPSA) is 48.3 Å². The van der Waals surface area contributed by atoms with Crippen LogP contribution in [0.2, 0.25) is 0 Å². The first kappa shape index (κ1) is 13.4. The largest absolute Gasteiger partial charge is 0.379 e. The first-order valence-electron chi connectivity index (χ1n) is 6.15. The summed E-state index contributed by atoms with van der Waals surface area (Å²) in [5.74, 6) is 0.570. The molecule has 0 aromatic carbocycles. The van der Waals surface area contributed by atoms with Crippen LogP contribution in [0.15, 0.2) is 0 Å². The molecular formula is C12H23N3O. The minimum absolute atomic E-state index is 0.000963. The van der Waals surface area contributed by atoms with Gasteiger partial charge in [-0.2, -0.15) is 5.26 Å². The van der Waals surface area contributed by atoms with Crippen LogP contribution < -0.4 is 5.32 Å². The maximum Gasteiger partial charge on any atom is 0.0955 e. The van der Waals surface area contributed by atoms with Crippen LogP contribution in [0, 0.1) is 17.2 Å². The molecule has 4 heteroatoms. The summed E-state index contributed by atoms with van der Waals surface area (Å²) in [6, 6.07) is 2.32. The van der Waals surface area contributed by atoms with Crippen molar-refractivity contribution in [3.05, 3.63) is 0 Å². The lowest BCUT2D eigenvalue weighted by molar-refractivity contribution is 0.0382. The van der Waals surface area contributed by atoms with E-state index in [2.05, 4.69) is 30.1 Å². The Labute approximate surface area is 98.6 Å². The summed E-state index contributed by atoms with van der Waals surface area (Å²) in [6.45, 7) is 9.92. The fourth-order valence-electron chi connectivity index (χ4n) is 1.87. The number of nitrogens with one attached hydrogen (secondary N) is 1. The van der Waals surface area contributed by atoms with Gasteiger partial charge in [-0.3, -0.25) is 4.90 Å². The highest BCUT2D eigenvalue weighted by Crippen LogP contribution is 2.03. The molecule has 0 radical (unpaired) electrons. The molecule has 0 spiro atoms. The van der Waals surface area contributed by atoms with E-state index in [1.807, 2.05) is 0 Å². The summed E-state index contributed by atoms with van der Waals surface area (Å²) < 4.78 is 5.29. The van der Waals surface area contributed by atoms with E-state index in [4.69, 9.17) is 10.00 Å². The highest BCUT2D eigenvalue weighted by Gasteiger charge is 2.12. The number of nitrogens with zero attached hydrogens (tertiary/aromatic N) is 2. The molecule has 1 N–H and O–H groups in total. The molecule has 0 aliphatic carbocycles. The van der Waals surface area contributed by atoms with Crippen LogP contribution in [0.25, 0.3) is 0 Å². The van der Waals surface area contributed by atoms with Crippen molar-refractivity contribution in [2.24, 2.45) is 5.92 Å². The zero-order valence-corrected chi connectivity index (χ0v) is 10.4. The molecule has 1 unspecified atom stereocenters. The molecule has 1 atom stereocenters. The molecule has 1 heterocycles. The van der Waals surface area contributed by atoms with Crippen molar-refractivity contribution >= 4 is 0 Å². The molecule has 0 aromatic heterocycles. The predicted octanol–water partition coefficient (Wildman–Crippen LogP) is 0.846. The Morgan fingerprint density at radius 3 is 2.62 bits per heavy atom. The van der Waals surface area contributed by atoms with E-state index in [1.165, 1.54) is 0 Å². The van der Waals surface area contributed by atoms with E-state index in [0.717, 1.165) is 45.8 Å². The SMILES string of the molecule is CC(C)CC(C#N)NCCN1CCOCC1. The van der Waals surface area contributed by atoms with Gasteiger partial charge < -0.3 is 10.1 Å². The van der Waals surface area contributed by atoms with Gasteiger partial charge in [-0.1, -0.05) is 13.8 Å². The van der Waals surface area contributed by atoms with Crippen LogP contribution in [0.3, 0.4) is 0 Å². The van der Waals surface area contributed by atoms with Gasteiger partial charge in [-0.25, -0.2) is 0 Å². The third-order valence-corrected chi connectivity index (χ3v) is 2.79. The summed E-state index contributed by atoms with van der Waals surface area (Å²) >= 11 is 0. The first-order chi connectivity index (χ1) is 7.72. The van der Waals surface area contributed by atoms with Gasteiger partial charge in [0.1, 0.15) is 0 Å². The quantitative estimate of drug-likeness (QED) is 0.728. The second-order valence-corrected chi connectivity index (χ2v) is 4.72. The van der Waals surface area contributed by atoms with Crippen LogP contribution in [0.5, 0.6) is 0 Å². The molecule has 1 aliphatic heterocycles. The first-order valence-corrected chi connectivity index (χ1v) is 6.15. The number of ether oxygens (including phenoxy) is 1. The Balaban J connectivity index is 2.10. The third kappa shape index (κ3) is 5.45. The molecule has 4 nitrogen and oxygen atoms in total. The Morgan fingerprint density at radius 1 is 1.38 bits per heavy atom. The van der Waals surface area contributed by atoms with E-state index in [0.29, 0.717) is 5.92 Å². The molecule has 0 aromatic rings. The highest BCUT2D eigenvalue weighted by molar-refractivity contribution is 4.90. The van der Waals surface area contributed by atoms with Crippen molar-refractivity contribution < 1.29 is 4.74 Å². The average Bonchev–Trinajstić information content (AvgIpc) is 2.28. The summed E-state index contributed by atoms with van der Waals surface area (Å²) in [4.78, 5) is 2.38. The van der Waals surface area contributed by atoms with E-state index in [1.54, 1.807) is 0 Å². The summed E-state index contributed by atoms with van der Waals surface area (Å²) in [7, 11) is 0. The van der Waals surface area contributed by atoms with E-state index < -0.39 is 0 Å². The standard InChI is InChI=1S/C12H23N3O/c1-11(2)9-12(10-13)14-3-4-15-5-7-16-8-6-15/h11-12,14H,3-9H2,1-2H3. The lowest BCUT2D eigenvalue weighted by atomic mass is 10.1. The van der Waals surface area contributed by atoms with Crippen molar-refractivity contribution in [1.29, 1.82) is 5.26 Å². The van der Waals surface area contributed by atoms with E-state index in [9.17, 15) is 0 Å². The Morgan fingerprint density at radius 2 is 2.06 bits per heavy atom. The van der Waals surface area contributed by atoms with E-state index >= 15 is 0 Å². The smallest absolute Gasteiger partial charge is 0.0955 e. The minimum atomic E-state index is 0.000963. The van der Waals surface area contributed by atoms with Gasteiger partial charge in [0.25, 0.3) is 0 Å². The lowest BCUT2D eigenvalue weighted by Crippen LogP contribution is -2.42. The monoisotopic (exact) mass is 225 g/mol. The van der Waals surface area contributed by atoms with Crippen LogP contribution in [-0.4, -0.2) is 50.3 Å². The van der Waals surface area contributed by atoms with Gasteiger partial charge in [0.05, 0.1) is 25.3 Å². The van der Waals surface area contributed by atoms with Gasteiger partial charge in [-0.15, -0.1) is 0 Å². The maximum absolute atomic E-state index is 8.97. The normalized spacial score (nSPS) is 19.6. The predicted molar refractivity (Wildman–Crippen MR) is 64.1 cm³/mol. The second-order valence-electron chi connectivity index (χ2n) is 4.72. The molecule has 1 aliphatic rings.